The van der Waals surface area contributed by atoms with Crippen LogP contribution >= 0.6 is 17.0 Å². The van der Waals surface area contributed by atoms with Gasteiger partial charge in [-0.25, -0.2) is 0 Å². The minimum Gasteiger partial charge on any atom is -0.395 e. The molecule has 0 fully saturated rings. The Bertz CT molecular complexity index is 290. The highest BCUT2D eigenvalue weighted by Crippen LogP contribution is 2.17. The van der Waals surface area contributed by atoms with Crippen molar-refractivity contribution >= 4 is 17.0 Å². The number of benzene rings is 1. The zero-order valence-corrected chi connectivity index (χ0v) is 9.86. The Hall–Kier alpha value is -0.380. The summed E-state index contributed by atoms with van der Waals surface area (Å²) in [5, 5.41) is 8.82. The lowest BCUT2D eigenvalue weighted by Gasteiger charge is -2.27. The highest BCUT2D eigenvalue weighted by molar-refractivity contribution is 8.93. The molecule has 14 heavy (non-hydrogen) atoms. The van der Waals surface area contributed by atoms with Crippen molar-refractivity contribution < 1.29 is 5.11 Å². The minimum atomic E-state index is 0. The third-order valence-electron chi connectivity index (χ3n) is 2.63. The fraction of sp³-hybridized carbons (Fsp3) is 0.455. The van der Waals surface area contributed by atoms with Crippen LogP contribution < -0.4 is 0 Å². The van der Waals surface area contributed by atoms with Crippen molar-refractivity contribution in [2.45, 2.75) is 13.0 Å². The monoisotopic (exact) mass is 257 g/mol. The molecule has 78 valence electrons. The first kappa shape index (κ1) is 11.7. The first-order chi connectivity index (χ1) is 6.40. The Balaban J connectivity index is 0.000000980. The second kappa shape index (κ2) is 5.49. The van der Waals surface area contributed by atoms with E-state index < -0.39 is 0 Å². The summed E-state index contributed by atoms with van der Waals surface area (Å²) >= 11 is 0. The molecule has 0 amide bonds. The molecule has 0 radical (unpaired) electrons. The Morgan fingerprint density at radius 1 is 1.21 bits per heavy atom. The summed E-state index contributed by atoms with van der Waals surface area (Å²) in [7, 11) is 0. The summed E-state index contributed by atoms with van der Waals surface area (Å²) in [5.74, 6) is 0. The van der Waals surface area contributed by atoms with Crippen LogP contribution in [0.1, 0.15) is 11.1 Å². The van der Waals surface area contributed by atoms with E-state index in [1.165, 1.54) is 11.1 Å². The largest absolute Gasteiger partial charge is 0.395 e. The van der Waals surface area contributed by atoms with Crippen molar-refractivity contribution in [1.29, 1.82) is 0 Å². The van der Waals surface area contributed by atoms with E-state index in [9.17, 15) is 0 Å². The number of hydrogen-bond donors (Lipinski definition) is 1. The molecule has 0 aromatic heterocycles. The SMILES string of the molecule is Br.OCCN1CCc2ccccc2C1. The van der Waals surface area contributed by atoms with Gasteiger partial charge in [-0.15, -0.1) is 17.0 Å². The molecular weight excluding hydrogens is 242 g/mol. The zero-order chi connectivity index (χ0) is 9.10. The molecule has 0 spiro atoms. The number of aliphatic hydroxyl groups is 1. The van der Waals surface area contributed by atoms with E-state index >= 15 is 0 Å². The van der Waals surface area contributed by atoms with Crippen molar-refractivity contribution in [1.82, 2.24) is 4.90 Å². The van der Waals surface area contributed by atoms with Gasteiger partial charge in [0, 0.05) is 19.6 Å². The number of fused-ring (bicyclic) bond motifs is 1. The van der Waals surface area contributed by atoms with Crippen LogP contribution in [0.15, 0.2) is 24.3 Å². The third kappa shape index (κ3) is 2.56. The molecule has 0 bridgehead atoms. The lowest BCUT2D eigenvalue weighted by atomic mass is 10.0. The van der Waals surface area contributed by atoms with Gasteiger partial charge in [-0.1, -0.05) is 24.3 Å². The van der Waals surface area contributed by atoms with Crippen LogP contribution in [-0.4, -0.2) is 29.7 Å². The van der Waals surface area contributed by atoms with E-state index in [-0.39, 0.29) is 23.6 Å². The van der Waals surface area contributed by atoms with Gasteiger partial charge in [0.1, 0.15) is 0 Å². The van der Waals surface area contributed by atoms with Crippen molar-refractivity contribution in [3.8, 4) is 0 Å². The van der Waals surface area contributed by atoms with Gasteiger partial charge in [0.2, 0.25) is 0 Å². The molecule has 1 heterocycles. The lowest BCUT2D eigenvalue weighted by molar-refractivity contribution is 0.184. The van der Waals surface area contributed by atoms with Gasteiger partial charge >= 0.3 is 0 Å². The molecule has 3 heteroatoms. The van der Waals surface area contributed by atoms with Gasteiger partial charge in [-0.3, -0.25) is 4.90 Å². The van der Waals surface area contributed by atoms with E-state index in [1.54, 1.807) is 0 Å². The van der Waals surface area contributed by atoms with Crippen LogP contribution in [0, 0.1) is 0 Å². The number of halogens is 1. The maximum absolute atomic E-state index is 8.82. The van der Waals surface area contributed by atoms with Gasteiger partial charge in [-0.2, -0.15) is 0 Å². The molecular formula is C11H16BrNO. The van der Waals surface area contributed by atoms with Gasteiger partial charge in [-0.05, 0) is 17.5 Å². The van der Waals surface area contributed by atoms with Gasteiger partial charge in [0.25, 0.3) is 0 Å². The minimum absolute atomic E-state index is 0. The van der Waals surface area contributed by atoms with Crippen LogP contribution in [0.5, 0.6) is 0 Å². The molecule has 0 atom stereocenters. The summed E-state index contributed by atoms with van der Waals surface area (Å²) in [5.41, 5.74) is 2.89. The third-order valence-corrected chi connectivity index (χ3v) is 2.63. The number of rotatable bonds is 2. The molecule has 2 nitrogen and oxygen atoms in total. The van der Waals surface area contributed by atoms with E-state index in [4.69, 9.17) is 5.11 Å². The predicted molar refractivity (Wildman–Crippen MR) is 62.8 cm³/mol. The molecule has 0 saturated carbocycles. The summed E-state index contributed by atoms with van der Waals surface area (Å²) in [6, 6.07) is 8.56. The number of nitrogens with zero attached hydrogens (tertiary/aromatic N) is 1. The second-order valence-corrected chi connectivity index (χ2v) is 3.52. The van der Waals surface area contributed by atoms with Crippen molar-refractivity contribution in [3.63, 3.8) is 0 Å². The van der Waals surface area contributed by atoms with E-state index in [1.807, 2.05) is 0 Å². The molecule has 2 rings (SSSR count). The average molecular weight is 258 g/mol. The Morgan fingerprint density at radius 2 is 1.93 bits per heavy atom. The maximum atomic E-state index is 8.82. The molecule has 1 aliphatic rings. The first-order valence-electron chi connectivity index (χ1n) is 4.80. The number of aliphatic hydroxyl groups excluding tert-OH is 1. The van der Waals surface area contributed by atoms with E-state index in [2.05, 4.69) is 29.2 Å². The Labute approximate surface area is 95.3 Å². The molecule has 0 aliphatic carbocycles. The van der Waals surface area contributed by atoms with Gasteiger partial charge in [0.15, 0.2) is 0 Å². The maximum Gasteiger partial charge on any atom is 0.0558 e. The second-order valence-electron chi connectivity index (χ2n) is 3.52. The summed E-state index contributed by atoms with van der Waals surface area (Å²) in [6.07, 6.45) is 1.12. The zero-order valence-electron chi connectivity index (χ0n) is 8.15. The van der Waals surface area contributed by atoms with Crippen molar-refractivity contribution in [3.05, 3.63) is 35.4 Å². The van der Waals surface area contributed by atoms with Gasteiger partial charge < -0.3 is 5.11 Å². The Morgan fingerprint density at radius 3 is 2.64 bits per heavy atom. The van der Waals surface area contributed by atoms with Crippen LogP contribution in [0.4, 0.5) is 0 Å². The summed E-state index contributed by atoms with van der Waals surface area (Å²) in [6.45, 7) is 3.14. The molecule has 1 N–H and O–H groups in total. The van der Waals surface area contributed by atoms with E-state index in [0.717, 1.165) is 26.1 Å². The fourth-order valence-electron chi connectivity index (χ4n) is 1.89. The highest BCUT2D eigenvalue weighted by atomic mass is 79.9. The van der Waals surface area contributed by atoms with Gasteiger partial charge in [0.05, 0.1) is 6.61 Å². The summed E-state index contributed by atoms with van der Waals surface area (Å²) < 4.78 is 0. The van der Waals surface area contributed by atoms with Crippen LogP contribution in [0.3, 0.4) is 0 Å². The molecule has 0 saturated heterocycles. The standard InChI is InChI=1S/C11H15NO.BrH/c13-8-7-12-6-5-10-3-1-2-4-11(10)9-12;/h1-4,13H,5-9H2;1H. The number of β-amino-alcohol motifs (C(OH)–C–C–N with tert-alkyl or cyclic N) is 1. The average Bonchev–Trinajstić information content (AvgIpc) is 2.18. The van der Waals surface area contributed by atoms with Crippen molar-refractivity contribution in [2.24, 2.45) is 0 Å². The van der Waals surface area contributed by atoms with Crippen LogP contribution in [0.2, 0.25) is 0 Å². The van der Waals surface area contributed by atoms with Crippen molar-refractivity contribution in [2.75, 3.05) is 19.7 Å². The quantitative estimate of drug-likeness (QED) is 0.871. The summed E-state index contributed by atoms with van der Waals surface area (Å²) in [4.78, 5) is 2.29. The van der Waals surface area contributed by atoms with Crippen LogP contribution in [-0.2, 0) is 13.0 Å². The lowest BCUT2D eigenvalue weighted by Crippen LogP contribution is -2.32. The first-order valence-corrected chi connectivity index (χ1v) is 4.80. The Kier molecular flexibility index (Phi) is 4.58. The molecule has 0 unspecified atom stereocenters. The molecule has 1 aromatic rings. The predicted octanol–water partition coefficient (Wildman–Crippen LogP) is 1.61. The smallest absolute Gasteiger partial charge is 0.0558 e. The number of hydrogen-bond acceptors (Lipinski definition) is 2. The normalized spacial score (nSPS) is 15.8. The van der Waals surface area contributed by atoms with Crippen LogP contribution in [0.25, 0.3) is 0 Å². The fourth-order valence-corrected chi connectivity index (χ4v) is 1.89. The topological polar surface area (TPSA) is 23.5 Å². The highest BCUT2D eigenvalue weighted by Gasteiger charge is 2.14. The molecule has 1 aromatic carbocycles. The molecule has 1 aliphatic heterocycles. The van der Waals surface area contributed by atoms with E-state index in [0.29, 0.717) is 0 Å².